The van der Waals surface area contributed by atoms with Gasteiger partial charge in [0.15, 0.2) is 11.5 Å². The predicted molar refractivity (Wildman–Crippen MR) is 60.7 cm³/mol. The number of benzene rings is 1. The van der Waals surface area contributed by atoms with E-state index in [1.54, 1.807) is 0 Å². The molecule has 0 bridgehead atoms. The Bertz CT molecular complexity index is 358. The SMILES string of the molecule is C=CCC(C)c1ccc2c(c1)OCCO2. The van der Waals surface area contributed by atoms with Gasteiger partial charge in [-0.2, -0.15) is 0 Å². The number of hydrogen-bond acceptors (Lipinski definition) is 2. The zero-order chi connectivity index (χ0) is 10.7. The molecule has 0 amide bonds. The molecule has 0 aliphatic carbocycles. The van der Waals surface area contributed by atoms with Crippen LogP contribution in [0.1, 0.15) is 24.8 Å². The molecule has 15 heavy (non-hydrogen) atoms. The standard InChI is InChI=1S/C13H16O2/c1-3-4-10(2)11-5-6-12-13(9-11)15-8-7-14-12/h3,5-6,9-10H,1,4,7-8H2,2H3. The van der Waals surface area contributed by atoms with Crippen LogP contribution in [0.5, 0.6) is 11.5 Å². The molecule has 1 unspecified atom stereocenters. The highest BCUT2D eigenvalue weighted by Gasteiger charge is 2.13. The van der Waals surface area contributed by atoms with Gasteiger partial charge in [0.05, 0.1) is 0 Å². The lowest BCUT2D eigenvalue weighted by Crippen LogP contribution is -2.15. The van der Waals surface area contributed by atoms with E-state index >= 15 is 0 Å². The highest BCUT2D eigenvalue weighted by atomic mass is 16.6. The van der Waals surface area contributed by atoms with Gasteiger partial charge in [-0.3, -0.25) is 0 Å². The van der Waals surface area contributed by atoms with Crippen LogP contribution in [0.3, 0.4) is 0 Å². The monoisotopic (exact) mass is 204 g/mol. The summed E-state index contributed by atoms with van der Waals surface area (Å²) in [5, 5.41) is 0. The molecule has 1 aliphatic heterocycles. The van der Waals surface area contributed by atoms with Gasteiger partial charge in [-0.1, -0.05) is 19.1 Å². The van der Waals surface area contributed by atoms with Crippen molar-refractivity contribution in [2.24, 2.45) is 0 Å². The average Bonchev–Trinajstić information content (AvgIpc) is 2.29. The van der Waals surface area contributed by atoms with Gasteiger partial charge in [0.25, 0.3) is 0 Å². The maximum atomic E-state index is 5.54. The molecule has 2 rings (SSSR count). The zero-order valence-electron chi connectivity index (χ0n) is 9.03. The summed E-state index contributed by atoms with van der Waals surface area (Å²) in [6.07, 6.45) is 2.93. The molecule has 1 aromatic rings. The lowest BCUT2D eigenvalue weighted by Gasteiger charge is -2.20. The Kier molecular flexibility index (Phi) is 2.95. The summed E-state index contributed by atoms with van der Waals surface area (Å²) >= 11 is 0. The van der Waals surface area contributed by atoms with E-state index in [1.807, 2.05) is 12.1 Å². The summed E-state index contributed by atoms with van der Waals surface area (Å²) < 4.78 is 11.0. The van der Waals surface area contributed by atoms with Gasteiger partial charge in [0, 0.05) is 0 Å². The van der Waals surface area contributed by atoms with Gasteiger partial charge in [0.1, 0.15) is 13.2 Å². The Hall–Kier alpha value is -1.44. The summed E-state index contributed by atoms with van der Waals surface area (Å²) in [6, 6.07) is 6.16. The second kappa shape index (κ2) is 4.39. The minimum Gasteiger partial charge on any atom is -0.486 e. The normalized spacial score (nSPS) is 15.8. The summed E-state index contributed by atoms with van der Waals surface area (Å²) in [4.78, 5) is 0. The highest BCUT2D eigenvalue weighted by Crippen LogP contribution is 2.33. The third-order valence-electron chi connectivity index (χ3n) is 2.66. The molecule has 2 nitrogen and oxygen atoms in total. The van der Waals surface area contributed by atoms with Crippen molar-refractivity contribution < 1.29 is 9.47 Å². The first kappa shape index (κ1) is 10.1. The third-order valence-corrected chi connectivity index (χ3v) is 2.66. The Morgan fingerprint density at radius 1 is 1.33 bits per heavy atom. The number of fused-ring (bicyclic) bond motifs is 1. The first-order chi connectivity index (χ1) is 7.31. The van der Waals surface area contributed by atoms with Gasteiger partial charge in [0.2, 0.25) is 0 Å². The van der Waals surface area contributed by atoms with Crippen molar-refractivity contribution in [2.75, 3.05) is 13.2 Å². The van der Waals surface area contributed by atoms with E-state index < -0.39 is 0 Å². The Morgan fingerprint density at radius 2 is 2.07 bits per heavy atom. The van der Waals surface area contributed by atoms with Gasteiger partial charge in [-0.15, -0.1) is 6.58 Å². The van der Waals surface area contributed by atoms with Gasteiger partial charge in [-0.05, 0) is 30.0 Å². The number of ether oxygens (including phenoxy) is 2. The first-order valence-electron chi connectivity index (χ1n) is 5.31. The molecule has 0 fully saturated rings. The highest BCUT2D eigenvalue weighted by molar-refractivity contribution is 5.44. The number of allylic oxidation sites excluding steroid dienone is 1. The van der Waals surface area contributed by atoms with Crippen LogP contribution < -0.4 is 9.47 Å². The van der Waals surface area contributed by atoms with E-state index in [1.165, 1.54) is 5.56 Å². The van der Waals surface area contributed by atoms with Gasteiger partial charge < -0.3 is 9.47 Å². The molecule has 1 heterocycles. The van der Waals surface area contributed by atoms with Crippen molar-refractivity contribution in [1.29, 1.82) is 0 Å². The lowest BCUT2D eigenvalue weighted by atomic mass is 9.97. The quantitative estimate of drug-likeness (QED) is 0.704. The van der Waals surface area contributed by atoms with Crippen molar-refractivity contribution in [3.8, 4) is 11.5 Å². The van der Waals surface area contributed by atoms with E-state index in [-0.39, 0.29) is 0 Å². The third kappa shape index (κ3) is 2.14. The van der Waals surface area contributed by atoms with E-state index in [2.05, 4.69) is 25.6 Å². The summed E-state index contributed by atoms with van der Waals surface area (Å²) in [5.74, 6) is 2.21. The minimum atomic E-state index is 0.485. The van der Waals surface area contributed by atoms with Crippen molar-refractivity contribution in [3.63, 3.8) is 0 Å². The molecule has 0 spiro atoms. The Morgan fingerprint density at radius 3 is 2.80 bits per heavy atom. The zero-order valence-corrected chi connectivity index (χ0v) is 9.03. The van der Waals surface area contributed by atoms with Crippen LogP contribution >= 0.6 is 0 Å². The lowest BCUT2D eigenvalue weighted by molar-refractivity contribution is 0.171. The molecule has 0 saturated heterocycles. The van der Waals surface area contributed by atoms with Crippen LogP contribution in [0.15, 0.2) is 30.9 Å². The molecule has 2 heteroatoms. The van der Waals surface area contributed by atoms with E-state index in [0.717, 1.165) is 17.9 Å². The molecule has 1 aromatic carbocycles. The molecular weight excluding hydrogens is 188 g/mol. The molecule has 0 saturated carbocycles. The second-order valence-electron chi connectivity index (χ2n) is 3.83. The van der Waals surface area contributed by atoms with Crippen LogP contribution in [0.4, 0.5) is 0 Å². The fourth-order valence-corrected chi connectivity index (χ4v) is 1.75. The largest absolute Gasteiger partial charge is 0.486 e. The summed E-state index contributed by atoms with van der Waals surface area (Å²) in [7, 11) is 0. The molecular formula is C13H16O2. The first-order valence-corrected chi connectivity index (χ1v) is 5.31. The van der Waals surface area contributed by atoms with E-state index in [4.69, 9.17) is 9.47 Å². The van der Waals surface area contributed by atoms with Crippen LogP contribution in [0.25, 0.3) is 0 Å². The van der Waals surface area contributed by atoms with Gasteiger partial charge in [-0.25, -0.2) is 0 Å². The summed E-state index contributed by atoms with van der Waals surface area (Å²) in [5.41, 5.74) is 1.28. The van der Waals surface area contributed by atoms with E-state index in [9.17, 15) is 0 Å². The second-order valence-corrected chi connectivity index (χ2v) is 3.83. The smallest absolute Gasteiger partial charge is 0.161 e. The summed E-state index contributed by atoms with van der Waals surface area (Å²) in [6.45, 7) is 7.24. The van der Waals surface area contributed by atoms with Crippen LogP contribution in [0, 0.1) is 0 Å². The van der Waals surface area contributed by atoms with Gasteiger partial charge >= 0.3 is 0 Å². The van der Waals surface area contributed by atoms with Crippen molar-refractivity contribution in [3.05, 3.63) is 36.4 Å². The topological polar surface area (TPSA) is 18.5 Å². The molecule has 0 N–H and O–H groups in total. The molecule has 1 aliphatic rings. The Labute approximate surface area is 90.5 Å². The van der Waals surface area contributed by atoms with Crippen molar-refractivity contribution in [1.82, 2.24) is 0 Å². The van der Waals surface area contributed by atoms with Crippen LogP contribution in [0.2, 0.25) is 0 Å². The molecule has 80 valence electrons. The van der Waals surface area contributed by atoms with Crippen molar-refractivity contribution >= 4 is 0 Å². The van der Waals surface area contributed by atoms with Crippen LogP contribution in [-0.4, -0.2) is 13.2 Å². The average molecular weight is 204 g/mol. The minimum absolute atomic E-state index is 0.485. The fourth-order valence-electron chi connectivity index (χ4n) is 1.75. The predicted octanol–water partition coefficient (Wildman–Crippen LogP) is 3.14. The number of rotatable bonds is 3. The molecule has 0 aromatic heterocycles. The number of hydrogen-bond donors (Lipinski definition) is 0. The fraction of sp³-hybridized carbons (Fsp3) is 0.385. The molecule has 1 atom stereocenters. The van der Waals surface area contributed by atoms with E-state index in [0.29, 0.717) is 19.1 Å². The Balaban J connectivity index is 2.23. The maximum absolute atomic E-state index is 5.54. The van der Waals surface area contributed by atoms with Crippen molar-refractivity contribution in [2.45, 2.75) is 19.3 Å². The maximum Gasteiger partial charge on any atom is 0.161 e. The van der Waals surface area contributed by atoms with Crippen LogP contribution in [-0.2, 0) is 0 Å². The molecule has 0 radical (unpaired) electrons.